The highest BCUT2D eigenvalue weighted by atomic mass is 35.5. The van der Waals surface area contributed by atoms with Crippen LogP contribution in [0, 0.1) is 0 Å². The van der Waals surface area contributed by atoms with Gasteiger partial charge in [-0.25, -0.2) is 0 Å². The lowest BCUT2D eigenvalue weighted by Crippen LogP contribution is -1.96. The fourth-order valence-corrected chi connectivity index (χ4v) is 3.78. The average molecular weight is 379 g/mol. The summed E-state index contributed by atoms with van der Waals surface area (Å²) in [6.45, 7) is 0. The predicted octanol–water partition coefficient (Wildman–Crippen LogP) is 6.27. The van der Waals surface area contributed by atoms with Crippen molar-refractivity contribution in [2.75, 3.05) is 0 Å². The Hall–Kier alpha value is -2.56. The van der Waals surface area contributed by atoms with Crippen molar-refractivity contribution >= 4 is 23.4 Å². The molecule has 0 spiro atoms. The monoisotopic (exact) mass is 378 g/mol. The molecule has 0 saturated heterocycles. The second-order valence-corrected chi connectivity index (χ2v) is 7.19. The molecule has 128 valence electrons. The van der Waals surface area contributed by atoms with Gasteiger partial charge in [0, 0.05) is 10.6 Å². The summed E-state index contributed by atoms with van der Waals surface area (Å²) >= 11 is 7.58. The third-order valence-electron chi connectivity index (χ3n) is 3.92. The van der Waals surface area contributed by atoms with Crippen molar-refractivity contribution in [3.8, 4) is 11.5 Å². The van der Waals surface area contributed by atoms with Gasteiger partial charge in [-0.3, -0.25) is 0 Å². The zero-order valence-electron chi connectivity index (χ0n) is 13.7. The highest BCUT2D eigenvalue weighted by Crippen LogP contribution is 2.40. The van der Waals surface area contributed by atoms with Gasteiger partial charge < -0.3 is 4.42 Å². The predicted molar refractivity (Wildman–Crippen MR) is 105 cm³/mol. The number of halogens is 1. The van der Waals surface area contributed by atoms with Gasteiger partial charge in [-0.15, -0.1) is 10.2 Å². The maximum atomic E-state index is 6.05. The number of thioether (sulfide) groups is 1. The Morgan fingerprint density at radius 3 is 2.04 bits per heavy atom. The lowest BCUT2D eigenvalue weighted by atomic mass is 10.0. The van der Waals surface area contributed by atoms with Crippen molar-refractivity contribution in [1.82, 2.24) is 10.2 Å². The van der Waals surface area contributed by atoms with Gasteiger partial charge in [0.05, 0.1) is 5.25 Å². The van der Waals surface area contributed by atoms with E-state index in [1.165, 1.54) is 17.3 Å². The van der Waals surface area contributed by atoms with Crippen LogP contribution in [0.1, 0.15) is 16.4 Å². The van der Waals surface area contributed by atoms with Crippen LogP contribution in [-0.4, -0.2) is 10.2 Å². The van der Waals surface area contributed by atoms with Crippen LogP contribution in [0.4, 0.5) is 0 Å². The Kier molecular flexibility index (Phi) is 5.04. The van der Waals surface area contributed by atoms with E-state index < -0.39 is 0 Å². The van der Waals surface area contributed by atoms with Crippen molar-refractivity contribution in [3.05, 3.63) is 101 Å². The average Bonchev–Trinajstić information content (AvgIpc) is 3.17. The van der Waals surface area contributed by atoms with Gasteiger partial charge in [-0.2, -0.15) is 0 Å². The molecule has 0 N–H and O–H groups in total. The fraction of sp³-hybridized carbons (Fsp3) is 0.0476. The molecule has 5 heteroatoms. The molecule has 4 rings (SSSR count). The van der Waals surface area contributed by atoms with E-state index in [2.05, 4.69) is 22.3 Å². The van der Waals surface area contributed by atoms with E-state index in [-0.39, 0.29) is 5.25 Å². The largest absolute Gasteiger partial charge is 0.411 e. The smallest absolute Gasteiger partial charge is 0.277 e. The van der Waals surface area contributed by atoms with Crippen molar-refractivity contribution < 1.29 is 4.42 Å². The van der Waals surface area contributed by atoms with Gasteiger partial charge in [0.15, 0.2) is 0 Å². The van der Waals surface area contributed by atoms with Crippen LogP contribution in [0.15, 0.2) is 94.6 Å². The van der Waals surface area contributed by atoms with Crippen molar-refractivity contribution in [1.29, 1.82) is 0 Å². The maximum Gasteiger partial charge on any atom is 0.277 e. The number of aromatic nitrogens is 2. The molecule has 3 aromatic carbocycles. The molecular weight excluding hydrogens is 364 g/mol. The van der Waals surface area contributed by atoms with Gasteiger partial charge in [-0.1, -0.05) is 84.0 Å². The van der Waals surface area contributed by atoms with E-state index in [1.54, 1.807) is 0 Å². The summed E-state index contributed by atoms with van der Waals surface area (Å²) < 4.78 is 5.88. The van der Waals surface area contributed by atoms with Crippen LogP contribution in [-0.2, 0) is 0 Å². The quantitative estimate of drug-likeness (QED) is 0.383. The van der Waals surface area contributed by atoms with Crippen molar-refractivity contribution in [3.63, 3.8) is 0 Å². The summed E-state index contributed by atoms with van der Waals surface area (Å²) in [6.07, 6.45) is 0. The van der Waals surface area contributed by atoms with Crippen LogP contribution in [0.25, 0.3) is 11.5 Å². The normalized spacial score (nSPS) is 12.0. The molecule has 0 amide bonds. The summed E-state index contributed by atoms with van der Waals surface area (Å²) in [7, 11) is 0. The molecule has 0 saturated carbocycles. The van der Waals surface area contributed by atoms with E-state index in [1.807, 2.05) is 72.8 Å². The molecule has 3 nitrogen and oxygen atoms in total. The number of rotatable bonds is 5. The van der Waals surface area contributed by atoms with E-state index in [9.17, 15) is 0 Å². The number of nitrogens with zero attached hydrogens (tertiary/aromatic N) is 2. The van der Waals surface area contributed by atoms with Gasteiger partial charge in [0.1, 0.15) is 0 Å². The van der Waals surface area contributed by atoms with Crippen LogP contribution in [0.5, 0.6) is 0 Å². The Balaban J connectivity index is 1.65. The van der Waals surface area contributed by atoms with E-state index >= 15 is 0 Å². The highest BCUT2D eigenvalue weighted by Gasteiger charge is 2.19. The van der Waals surface area contributed by atoms with E-state index in [0.29, 0.717) is 11.1 Å². The Morgan fingerprint density at radius 1 is 0.731 bits per heavy atom. The SMILES string of the molecule is Clc1ccc([C@@H](Sc2nnc(-c3ccccc3)o2)c2ccccc2)cc1. The second kappa shape index (κ2) is 7.77. The van der Waals surface area contributed by atoms with Crippen LogP contribution >= 0.6 is 23.4 Å². The first-order chi connectivity index (χ1) is 12.8. The summed E-state index contributed by atoms with van der Waals surface area (Å²) in [6, 6.07) is 27.9. The molecule has 4 aromatic rings. The van der Waals surface area contributed by atoms with E-state index in [4.69, 9.17) is 16.0 Å². The maximum absolute atomic E-state index is 6.05. The molecule has 0 aliphatic rings. The molecule has 0 bridgehead atoms. The summed E-state index contributed by atoms with van der Waals surface area (Å²) in [5.74, 6) is 0.524. The lowest BCUT2D eigenvalue weighted by Gasteiger charge is -2.15. The topological polar surface area (TPSA) is 38.9 Å². The third kappa shape index (κ3) is 3.82. The highest BCUT2D eigenvalue weighted by molar-refractivity contribution is 7.99. The summed E-state index contributed by atoms with van der Waals surface area (Å²) in [5, 5.41) is 9.70. The molecule has 1 aromatic heterocycles. The minimum absolute atomic E-state index is 0.0394. The molecule has 1 heterocycles. The van der Waals surface area contributed by atoms with E-state index in [0.717, 1.165) is 16.1 Å². The zero-order chi connectivity index (χ0) is 17.8. The second-order valence-electron chi connectivity index (χ2n) is 5.70. The van der Waals surface area contributed by atoms with Crippen LogP contribution in [0.2, 0.25) is 5.02 Å². The summed E-state index contributed by atoms with van der Waals surface area (Å²) in [4.78, 5) is 0. The van der Waals surface area contributed by atoms with Gasteiger partial charge >= 0.3 is 0 Å². The molecule has 0 unspecified atom stereocenters. The molecule has 0 fully saturated rings. The van der Waals surface area contributed by atoms with Crippen molar-refractivity contribution in [2.45, 2.75) is 10.5 Å². The first-order valence-electron chi connectivity index (χ1n) is 8.15. The number of hydrogen-bond acceptors (Lipinski definition) is 4. The van der Waals surface area contributed by atoms with Crippen molar-refractivity contribution in [2.24, 2.45) is 0 Å². The number of benzene rings is 3. The molecule has 26 heavy (non-hydrogen) atoms. The third-order valence-corrected chi connectivity index (χ3v) is 5.32. The fourth-order valence-electron chi connectivity index (χ4n) is 2.65. The minimum Gasteiger partial charge on any atom is -0.411 e. The van der Waals surface area contributed by atoms with Gasteiger partial charge in [-0.05, 0) is 35.4 Å². The zero-order valence-corrected chi connectivity index (χ0v) is 15.3. The Labute approximate surface area is 161 Å². The Bertz CT molecular complexity index is 972. The van der Waals surface area contributed by atoms with Gasteiger partial charge in [0.2, 0.25) is 5.89 Å². The molecule has 0 radical (unpaired) electrons. The first-order valence-corrected chi connectivity index (χ1v) is 9.41. The Morgan fingerprint density at radius 2 is 1.35 bits per heavy atom. The van der Waals surface area contributed by atoms with Crippen LogP contribution in [0.3, 0.4) is 0 Å². The molecule has 0 aliphatic carbocycles. The molecule has 0 aliphatic heterocycles. The number of hydrogen-bond donors (Lipinski definition) is 0. The van der Waals surface area contributed by atoms with Crippen LogP contribution < -0.4 is 0 Å². The summed E-state index contributed by atoms with van der Waals surface area (Å²) in [5.41, 5.74) is 3.21. The molecular formula is C21H15ClN2OS. The standard InChI is InChI=1S/C21H15ClN2OS/c22-18-13-11-16(12-14-18)19(15-7-3-1-4-8-15)26-21-24-23-20(25-21)17-9-5-2-6-10-17/h1-14,19H/t19-/m0/s1. The van der Waals surface area contributed by atoms with Gasteiger partial charge in [0.25, 0.3) is 5.22 Å². The lowest BCUT2D eigenvalue weighted by molar-refractivity contribution is 0.465. The minimum atomic E-state index is 0.0394. The molecule has 1 atom stereocenters. The first kappa shape index (κ1) is 16.9.